The molecule has 0 saturated carbocycles. The molecule has 6 nitrogen and oxygen atoms in total. The van der Waals surface area contributed by atoms with E-state index in [-0.39, 0.29) is 0 Å². The second-order valence-corrected chi connectivity index (χ2v) is 13.9. The van der Waals surface area contributed by atoms with E-state index >= 15 is 0 Å². The highest BCUT2D eigenvalue weighted by Crippen LogP contribution is 2.55. The molecule has 5 aromatic rings. The van der Waals surface area contributed by atoms with Crippen molar-refractivity contribution in [2.75, 3.05) is 42.7 Å². The largest absolute Gasteiger partial charge is 0.496 e. The normalized spacial score (nSPS) is 11.1. The van der Waals surface area contributed by atoms with Gasteiger partial charge in [-0.05, 0) is 74.9 Å². The lowest BCUT2D eigenvalue weighted by atomic mass is 10.0. The van der Waals surface area contributed by atoms with Crippen LogP contribution in [0.2, 0.25) is 0 Å². The van der Waals surface area contributed by atoms with Gasteiger partial charge in [0.2, 0.25) is 0 Å². The second-order valence-electron chi connectivity index (χ2n) is 10.8. The first kappa shape index (κ1) is 32.7. The summed E-state index contributed by atoms with van der Waals surface area (Å²) in [5.74, 6) is 4.29. The molecule has 5 rings (SSSR count). The first-order chi connectivity index (χ1) is 21.5. The summed E-state index contributed by atoms with van der Waals surface area (Å²) < 4.78 is 34.3. The third-order valence-electron chi connectivity index (χ3n) is 8.64. The molecule has 238 valence electrons. The van der Waals surface area contributed by atoms with E-state index in [4.69, 9.17) is 28.4 Å². The lowest BCUT2D eigenvalue weighted by molar-refractivity contribution is 0.377. The van der Waals surface area contributed by atoms with Crippen LogP contribution in [-0.2, 0) is 0 Å². The van der Waals surface area contributed by atoms with E-state index in [0.717, 1.165) is 43.9 Å². The number of ether oxygens (including phenoxy) is 6. The van der Waals surface area contributed by atoms with E-state index in [0.29, 0.717) is 11.5 Å². The van der Waals surface area contributed by atoms with Gasteiger partial charge in [0.25, 0.3) is 0 Å². The van der Waals surface area contributed by atoms with Gasteiger partial charge in [-0.2, -0.15) is 0 Å². The average molecular weight is 665 g/mol. The standard InChI is InChI=1S/C36H40O6S3/c1-17-19(3)33(43-31(17)29-25(39-9)13-23(37-7)14-26(29)40-10)35-21(5)22(6)36(45-35)34-20(4)18(2)32(44-34)30-27(41-11)15-24(38-8)16-28(30)42-12/h13-16H,1-12H3. The third-order valence-corrected chi connectivity index (χ3v) is 13.2. The average Bonchev–Trinajstić information content (AvgIpc) is 3.63. The highest BCUT2D eigenvalue weighted by Gasteiger charge is 2.28. The van der Waals surface area contributed by atoms with E-state index in [2.05, 4.69) is 41.5 Å². The van der Waals surface area contributed by atoms with E-state index < -0.39 is 0 Å². The van der Waals surface area contributed by atoms with Gasteiger partial charge in [-0.3, -0.25) is 0 Å². The van der Waals surface area contributed by atoms with Crippen LogP contribution in [-0.4, -0.2) is 42.7 Å². The maximum Gasteiger partial charge on any atom is 0.134 e. The van der Waals surface area contributed by atoms with Crippen LogP contribution in [0.4, 0.5) is 0 Å². The molecule has 0 spiro atoms. The number of methoxy groups -OCH3 is 6. The Hall–Kier alpha value is -3.66. The highest BCUT2D eigenvalue weighted by atomic mass is 32.1. The summed E-state index contributed by atoms with van der Waals surface area (Å²) in [5.41, 5.74) is 9.44. The molecule has 9 heteroatoms. The number of thiophene rings is 3. The van der Waals surface area contributed by atoms with Crippen LogP contribution < -0.4 is 28.4 Å². The minimum atomic E-state index is 0.693. The third kappa shape index (κ3) is 5.45. The summed E-state index contributed by atoms with van der Waals surface area (Å²) in [5, 5.41) is 0. The topological polar surface area (TPSA) is 55.4 Å². The van der Waals surface area contributed by atoms with E-state index in [9.17, 15) is 0 Å². The summed E-state index contributed by atoms with van der Waals surface area (Å²) in [7, 11) is 10.0. The Bertz CT molecular complexity index is 1710. The summed E-state index contributed by atoms with van der Waals surface area (Å²) >= 11 is 5.44. The lowest BCUT2D eigenvalue weighted by Gasteiger charge is -2.14. The molecule has 0 atom stereocenters. The van der Waals surface area contributed by atoms with E-state index in [1.165, 1.54) is 52.9 Å². The van der Waals surface area contributed by atoms with Crippen molar-refractivity contribution in [3.63, 3.8) is 0 Å². The summed E-state index contributed by atoms with van der Waals surface area (Å²) in [6, 6.07) is 7.65. The van der Waals surface area contributed by atoms with Gasteiger partial charge in [-0.1, -0.05) is 0 Å². The van der Waals surface area contributed by atoms with Crippen molar-refractivity contribution >= 4 is 34.0 Å². The smallest absolute Gasteiger partial charge is 0.134 e. The van der Waals surface area contributed by atoms with Crippen molar-refractivity contribution in [3.8, 4) is 74.9 Å². The molecule has 0 amide bonds. The van der Waals surface area contributed by atoms with Crippen LogP contribution in [0, 0.1) is 41.5 Å². The highest BCUT2D eigenvalue weighted by molar-refractivity contribution is 7.28. The molecular weight excluding hydrogens is 625 g/mol. The van der Waals surface area contributed by atoms with Crippen LogP contribution in [0.5, 0.6) is 34.5 Å². The molecule has 0 N–H and O–H groups in total. The maximum atomic E-state index is 5.83. The van der Waals surface area contributed by atoms with Gasteiger partial charge in [0.05, 0.1) is 53.8 Å². The van der Waals surface area contributed by atoms with Crippen molar-refractivity contribution in [1.29, 1.82) is 0 Å². The molecule has 45 heavy (non-hydrogen) atoms. The Morgan fingerprint density at radius 3 is 0.778 bits per heavy atom. The molecular formula is C36H40O6S3. The molecule has 0 aliphatic rings. The van der Waals surface area contributed by atoms with Crippen molar-refractivity contribution in [2.45, 2.75) is 41.5 Å². The quantitative estimate of drug-likeness (QED) is 0.148. The molecule has 3 aromatic heterocycles. The Morgan fingerprint density at radius 1 is 0.333 bits per heavy atom. The molecule has 0 radical (unpaired) electrons. The summed E-state index contributed by atoms with van der Waals surface area (Å²) in [6.45, 7) is 13.3. The van der Waals surface area contributed by atoms with E-state index in [1.807, 2.05) is 35.6 Å². The lowest BCUT2D eigenvalue weighted by Crippen LogP contribution is -1.95. The summed E-state index contributed by atoms with van der Waals surface area (Å²) in [6.07, 6.45) is 0. The maximum absolute atomic E-state index is 5.83. The van der Waals surface area contributed by atoms with Crippen LogP contribution in [0.25, 0.3) is 40.4 Å². The number of rotatable bonds is 10. The van der Waals surface area contributed by atoms with Gasteiger partial charge in [0.1, 0.15) is 34.5 Å². The van der Waals surface area contributed by atoms with E-state index in [1.54, 1.807) is 65.3 Å². The molecule has 0 aliphatic heterocycles. The predicted octanol–water partition coefficient (Wildman–Crippen LogP) is 10.4. The molecule has 0 fully saturated rings. The SMILES string of the molecule is COc1cc(OC)c(-c2sc(-c3sc(-c4sc(-c5c(OC)cc(OC)cc5OC)c(C)c4C)c(C)c3C)c(C)c2C)c(OC)c1. The first-order valence-corrected chi connectivity index (χ1v) is 16.9. The van der Waals surface area contributed by atoms with Crippen molar-refractivity contribution in [1.82, 2.24) is 0 Å². The monoisotopic (exact) mass is 664 g/mol. The van der Waals surface area contributed by atoms with Gasteiger partial charge < -0.3 is 28.4 Å². The number of benzene rings is 2. The Kier molecular flexibility index (Phi) is 9.44. The van der Waals surface area contributed by atoms with Gasteiger partial charge in [0.15, 0.2) is 0 Å². The van der Waals surface area contributed by atoms with Gasteiger partial charge in [-0.25, -0.2) is 0 Å². The first-order valence-electron chi connectivity index (χ1n) is 14.5. The molecule has 0 aliphatic carbocycles. The molecule has 0 saturated heterocycles. The van der Waals surface area contributed by atoms with Crippen LogP contribution >= 0.6 is 34.0 Å². The minimum Gasteiger partial charge on any atom is -0.496 e. The fourth-order valence-corrected chi connectivity index (χ4v) is 10.1. The zero-order chi connectivity index (χ0) is 32.7. The summed E-state index contributed by atoms with van der Waals surface area (Å²) in [4.78, 5) is 7.38. The molecule has 3 heterocycles. The zero-order valence-corrected chi connectivity index (χ0v) is 30.4. The van der Waals surface area contributed by atoms with Crippen LogP contribution in [0.15, 0.2) is 24.3 Å². The van der Waals surface area contributed by atoms with Crippen molar-refractivity contribution in [3.05, 3.63) is 57.6 Å². The predicted molar refractivity (Wildman–Crippen MR) is 190 cm³/mol. The minimum absolute atomic E-state index is 0.693. The van der Waals surface area contributed by atoms with Crippen LogP contribution in [0.1, 0.15) is 33.4 Å². The molecule has 2 aromatic carbocycles. The molecule has 0 unspecified atom stereocenters. The van der Waals surface area contributed by atoms with Gasteiger partial charge in [0, 0.05) is 53.5 Å². The Morgan fingerprint density at radius 2 is 0.556 bits per heavy atom. The second kappa shape index (κ2) is 13.0. The Balaban J connectivity index is 1.67. The molecule has 0 bridgehead atoms. The number of hydrogen-bond donors (Lipinski definition) is 0. The van der Waals surface area contributed by atoms with Gasteiger partial charge >= 0.3 is 0 Å². The fourth-order valence-electron chi connectivity index (χ4n) is 5.59. The van der Waals surface area contributed by atoms with Gasteiger partial charge in [-0.15, -0.1) is 34.0 Å². The number of hydrogen-bond acceptors (Lipinski definition) is 9. The van der Waals surface area contributed by atoms with Crippen molar-refractivity contribution in [2.24, 2.45) is 0 Å². The van der Waals surface area contributed by atoms with Crippen LogP contribution in [0.3, 0.4) is 0 Å². The Labute approximate surface area is 278 Å². The zero-order valence-electron chi connectivity index (χ0n) is 28.0. The fraction of sp³-hybridized carbons (Fsp3) is 0.333. The van der Waals surface area contributed by atoms with Crippen molar-refractivity contribution < 1.29 is 28.4 Å².